The second-order valence-electron chi connectivity index (χ2n) is 11.9. The first-order valence-electron chi connectivity index (χ1n) is 13.8. The second-order valence-corrected chi connectivity index (χ2v) is 11.9. The molecule has 2 aromatic carbocycles. The molecule has 3 heterocycles. The third-order valence-electron chi connectivity index (χ3n) is 8.36. The van der Waals surface area contributed by atoms with Crippen LogP contribution < -0.4 is 0 Å². The summed E-state index contributed by atoms with van der Waals surface area (Å²) in [6, 6.07) is 14.1. The number of hydrogen-bond donors (Lipinski definition) is 1. The van der Waals surface area contributed by atoms with E-state index in [0.717, 1.165) is 40.8 Å². The van der Waals surface area contributed by atoms with Crippen molar-refractivity contribution in [3.63, 3.8) is 0 Å². The number of para-hydroxylation sites is 2. The maximum absolute atomic E-state index is 14.1. The van der Waals surface area contributed by atoms with E-state index in [4.69, 9.17) is 14.5 Å². The molecule has 2 saturated heterocycles. The summed E-state index contributed by atoms with van der Waals surface area (Å²) >= 11 is 0. The summed E-state index contributed by atoms with van der Waals surface area (Å²) < 4.78 is 14.6. The molecule has 0 bridgehead atoms. The summed E-state index contributed by atoms with van der Waals surface area (Å²) in [6.07, 6.45) is 1.16. The summed E-state index contributed by atoms with van der Waals surface area (Å²) in [5.74, 6) is -1.01. The third kappa shape index (κ3) is 5.08. The van der Waals surface area contributed by atoms with Gasteiger partial charge >= 0.3 is 5.97 Å². The van der Waals surface area contributed by atoms with E-state index >= 15 is 0 Å². The first kappa shape index (κ1) is 27.3. The molecule has 3 aromatic rings. The number of benzene rings is 2. The van der Waals surface area contributed by atoms with Crippen LogP contribution in [0.4, 0.5) is 0 Å². The molecule has 0 saturated carbocycles. The number of aliphatic carboxylic acids is 1. The van der Waals surface area contributed by atoms with Gasteiger partial charge in [-0.1, -0.05) is 57.2 Å². The average molecular weight is 534 g/mol. The standard InChI is InChI=1S/C31H39N3O5/c1-19-12-6-7-13-20(19)26-28(39-18-24-32-21-14-8-9-15-22(21)33(24)5)25(31(2,3)4)27(30(36)37)34(26)29(35)23-16-10-11-17-38-23/h6-9,12-15,23,25-28H,10-11,16-18H2,1-5H3,(H,36,37)/t23-,25+,26-,27-,28-/m0/s1. The minimum Gasteiger partial charge on any atom is -0.480 e. The van der Waals surface area contributed by atoms with E-state index in [1.807, 2.05) is 87.8 Å². The van der Waals surface area contributed by atoms with Crippen molar-refractivity contribution in [1.82, 2.24) is 14.5 Å². The first-order valence-corrected chi connectivity index (χ1v) is 13.8. The Morgan fingerprint density at radius 3 is 2.46 bits per heavy atom. The number of carboxylic acids is 1. The van der Waals surface area contributed by atoms with Crippen LogP contribution in [0.2, 0.25) is 0 Å². The quantitative estimate of drug-likeness (QED) is 0.477. The molecule has 2 fully saturated rings. The van der Waals surface area contributed by atoms with Crippen LogP contribution in [-0.2, 0) is 32.7 Å². The Kier molecular flexibility index (Phi) is 7.53. The maximum atomic E-state index is 14.1. The smallest absolute Gasteiger partial charge is 0.326 e. The van der Waals surface area contributed by atoms with Crippen molar-refractivity contribution in [3.05, 3.63) is 65.5 Å². The van der Waals surface area contributed by atoms with E-state index in [1.165, 1.54) is 0 Å². The number of carboxylic acid groups (broad SMARTS) is 1. The highest BCUT2D eigenvalue weighted by Crippen LogP contribution is 2.50. The van der Waals surface area contributed by atoms with Crippen molar-refractivity contribution in [3.8, 4) is 0 Å². The SMILES string of the molecule is Cc1ccccc1[C@H]1[C@@H](OCc2nc3ccccc3n2C)[C@H](C(C)(C)C)[C@@H](C(=O)O)N1C(=O)[C@@H]1CCCCO1. The number of likely N-dealkylation sites (tertiary alicyclic amines) is 1. The maximum Gasteiger partial charge on any atom is 0.326 e. The zero-order chi connectivity index (χ0) is 27.9. The summed E-state index contributed by atoms with van der Waals surface area (Å²) in [5, 5.41) is 10.6. The monoisotopic (exact) mass is 533 g/mol. The Hall–Kier alpha value is -3.23. The van der Waals surface area contributed by atoms with E-state index in [9.17, 15) is 14.7 Å². The average Bonchev–Trinajstić information content (AvgIpc) is 3.43. The number of imidazole rings is 1. The van der Waals surface area contributed by atoms with Gasteiger partial charge < -0.3 is 24.0 Å². The topological polar surface area (TPSA) is 93.9 Å². The van der Waals surface area contributed by atoms with Gasteiger partial charge in [-0.15, -0.1) is 0 Å². The highest BCUT2D eigenvalue weighted by molar-refractivity contribution is 5.88. The van der Waals surface area contributed by atoms with Gasteiger partial charge in [0, 0.05) is 19.6 Å². The van der Waals surface area contributed by atoms with Crippen molar-refractivity contribution in [2.45, 2.75) is 77.9 Å². The van der Waals surface area contributed by atoms with Gasteiger partial charge in [0.05, 0.1) is 23.2 Å². The van der Waals surface area contributed by atoms with Crippen molar-refractivity contribution in [1.29, 1.82) is 0 Å². The Morgan fingerprint density at radius 1 is 1.10 bits per heavy atom. The molecule has 2 aliphatic rings. The van der Waals surface area contributed by atoms with Crippen LogP contribution in [0.3, 0.4) is 0 Å². The van der Waals surface area contributed by atoms with Crippen LogP contribution in [-0.4, -0.2) is 56.3 Å². The second kappa shape index (κ2) is 10.7. The van der Waals surface area contributed by atoms with Crippen LogP contribution in [0.5, 0.6) is 0 Å². The molecule has 1 N–H and O–H groups in total. The largest absolute Gasteiger partial charge is 0.480 e. The van der Waals surface area contributed by atoms with Gasteiger partial charge in [-0.3, -0.25) is 4.79 Å². The number of carbonyl (C=O) groups excluding carboxylic acids is 1. The first-order chi connectivity index (χ1) is 18.6. The fourth-order valence-electron chi connectivity index (χ4n) is 6.43. The molecular weight excluding hydrogens is 494 g/mol. The molecule has 5 atom stereocenters. The number of ether oxygens (including phenoxy) is 2. The lowest BCUT2D eigenvalue weighted by atomic mass is 9.73. The number of nitrogens with zero attached hydrogens (tertiary/aromatic N) is 3. The molecule has 208 valence electrons. The number of rotatable bonds is 6. The van der Waals surface area contributed by atoms with E-state index in [1.54, 1.807) is 4.90 Å². The molecule has 8 heteroatoms. The zero-order valence-electron chi connectivity index (χ0n) is 23.5. The van der Waals surface area contributed by atoms with E-state index in [-0.39, 0.29) is 12.5 Å². The summed E-state index contributed by atoms with van der Waals surface area (Å²) in [7, 11) is 1.96. The van der Waals surface area contributed by atoms with E-state index < -0.39 is 41.6 Å². The zero-order valence-corrected chi connectivity index (χ0v) is 23.5. The van der Waals surface area contributed by atoms with Gasteiger partial charge in [-0.25, -0.2) is 9.78 Å². The molecule has 39 heavy (non-hydrogen) atoms. The van der Waals surface area contributed by atoms with Gasteiger partial charge in [0.2, 0.25) is 0 Å². The number of fused-ring (bicyclic) bond motifs is 1. The highest BCUT2D eigenvalue weighted by Gasteiger charge is 2.59. The molecular formula is C31H39N3O5. The van der Waals surface area contributed by atoms with Crippen LogP contribution in [0.1, 0.15) is 63.0 Å². The molecule has 1 amide bonds. The van der Waals surface area contributed by atoms with E-state index in [0.29, 0.717) is 13.0 Å². The highest BCUT2D eigenvalue weighted by atomic mass is 16.5. The van der Waals surface area contributed by atoms with Crippen LogP contribution in [0.15, 0.2) is 48.5 Å². The Morgan fingerprint density at radius 2 is 1.82 bits per heavy atom. The Balaban J connectivity index is 1.61. The Labute approximate surface area is 229 Å². The van der Waals surface area contributed by atoms with Crippen LogP contribution in [0, 0.1) is 18.3 Å². The van der Waals surface area contributed by atoms with Gasteiger partial charge in [0.1, 0.15) is 24.6 Å². The normalized spacial score (nSPS) is 25.8. The van der Waals surface area contributed by atoms with E-state index in [2.05, 4.69) is 0 Å². The number of aryl methyl sites for hydroxylation is 2. The molecule has 0 spiro atoms. The van der Waals surface area contributed by atoms with Crippen molar-refractivity contribution >= 4 is 22.9 Å². The molecule has 0 unspecified atom stereocenters. The number of aromatic nitrogens is 2. The number of carbonyl (C=O) groups is 2. The van der Waals surface area contributed by atoms with Gasteiger partial charge in [0.15, 0.2) is 0 Å². The molecule has 0 aliphatic carbocycles. The van der Waals surface area contributed by atoms with Crippen LogP contribution in [0.25, 0.3) is 11.0 Å². The summed E-state index contributed by atoms with van der Waals surface area (Å²) in [5.41, 5.74) is 3.29. The summed E-state index contributed by atoms with van der Waals surface area (Å²) in [4.78, 5) is 33.5. The van der Waals surface area contributed by atoms with Crippen LogP contribution >= 0.6 is 0 Å². The van der Waals surface area contributed by atoms with Gasteiger partial charge in [-0.05, 0) is 54.9 Å². The number of amides is 1. The van der Waals surface area contributed by atoms with Crippen molar-refractivity contribution in [2.24, 2.45) is 18.4 Å². The van der Waals surface area contributed by atoms with Gasteiger partial charge in [-0.2, -0.15) is 0 Å². The minimum atomic E-state index is -1.06. The fourth-order valence-corrected chi connectivity index (χ4v) is 6.43. The third-order valence-corrected chi connectivity index (χ3v) is 8.36. The lowest BCUT2D eigenvalue weighted by molar-refractivity contribution is -0.159. The fraction of sp³-hybridized carbons (Fsp3) is 0.516. The molecule has 0 radical (unpaired) electrons. The predicted molar refractivity (Wildman–Crippen MR) is 148 cm³/mol. The molecule has 1 aromatic heterocycles. The van der Waals surface area contributed by atoms with Crippen molar-refractivity contribution in [2.75, 3.05) is 6.61 Å². The summed E-state index contributed by atoms with van der Waals surface area (Å²) in [6.45, 7) is 8.78. The molecule has 8 nitrogen and oxygen atoms in total. The molecule has 2 aliphatic heterocycles. The lowest BCUT2D eigenvalue weighted by Crippen LogP contribution is -2.51. The molecule has 5 rings (SSSR count). The number of hydrogen-bond acceptors (Lipinski definition) is 5. The minimum absolute atomic E-state index is 0.194. The lowest BCUT2D eigenvalue weighted by Gasteiger charge is -2.35. The Bertz CT molecular complexity index is 1350. The van der Waals surface area contributed by atoms with Gasteiger partial charge in [0.25, 0.3) is 5.91 Å². The predicted octanol–water partition coefficient (Wildman–Crippen LogP) is 5.04. The van der Waals surface area contributed by atoms with Crippen molar-refractivity contribution < 1.29 is 24.2 Å².